The molecule has 2 aromatic rings. The van der Waals surface area contributed by atoms with Crippen molar-refractivity contribution in [3.8, 4) is 11.4 Å². The molecule has 1 aromatic heterocycles. The van der Waals surface area contributed by atoms with Crippen LogP contribution in [-0.2, 0) is 6.54 Å². The third-order valence-electron chi connectivity index (χ3n) is 2.50. The number of halogens is 2. The van der Waals surface area contributed by atoms with Gasteiger partial charge >= 0.3 is 0 Å². The first-order valence-corrected chi connectivity index (χ1v) is 5.61. The molecule has 0 amide bonds. The maximum absolute atomic E-state index is 13.7. The van der Waals surface area contributed by atoms with Gasteiger partial charge in [-0.15, -0.1) is 10.2 Å². The van der Waals surface area contributed by atoms with E-state index in [0.29, 0.717) is 18.3 Å². The van der Waals surface area contributed by atoms with Crippen LogP contribution in [0.2, 0.25) is 0 Å². The Kier molecular flexibility index (Phi) is 3.27. The third-order valence-corrected chi connectivity index (χ3v) is 2.50. The number of nitrogens with two attached hydrogens (primary N) is 1. The minimum atomic E-state index is -0.772. The molecule has 2 rings (SSSR count). The molecule has 0 saturated heterocycles. The number of nitrogen functional groups attached to an aromatic ring is 1. The highest BCUT2D eigenvalue weighted by Crippen LogP contribution is 2.25. The van der Waals surface area contributed by atoms with E-state index in [1.54, 1.807) is 4.57 Å². The maximum atomic E-state index is 13.7. The van der Waals surface area contributed by atoms with Crippen molar-refractivity contribution in [3.05, 3.63) is 30.1 Å². The molecule has 6 heteroatoms. The van der Waals surface area contributed by atoms with Crippen molar-refractivity contribution in [1.29, 1.82) is 0 Å². The molecule has 0 bridgehead atoms. The lowest BCUT2D eigenvalue weighted by Gasteiger charge is -2.10. The Hall–Kier alpha value is -1.98. The van der Waals surface area contributed by atoms with Gasteiger partial charge in [0.2, 0.25) is 0 Å². The van der Waals surface area contributed by atoms with E-state index >= 15 is 0 Å². The van der Waals surface area contributed by atoms with E-state index in [4.69, 9.17) is 5.73 Å². The fraction of sp³-hybridized carbons (Fsp3) is 0.333. The summed E-state index contributed by atoms with van der Waals surface area (Å²) in [7, 11) is 0. The smallest absolute Gasteiger partial charge is 0.166 e. The first-order valence-electron chi connectivity index (χ1n) is 5.61. The summed E-state index contributed by atoms with van der Waals surface area (Å²) in [5.74, 6) is -0.751. The number of nitrogens with zero attached hydrogens (tertiary/aromatic N) is 3. The van der Waals surface area contributed by atoms with Gasteiger partial charge in [0.05, 0.1) is 11.3 Å². The molecular formula is C12H14F2N4. The highest BCUT2D eigenvalue weighted by molar-refractivity contribution is 5.62. The summed E-state index contributed by atoms with van der Waals surface area (Å²) in [5, 5.41) is 7.62. The molecule has 0 aliphatic rings. The van der Waals surface area contributed by atoms with Crippen LogP contribution >= 0.6 is 0 Å². The van der Waals surface area contributed by atoms with Crippen LogP contribution in [0.25, 0.3) is 11.4 Å². The summed E-state index contributed by atoms with van der Waals surface area (Å²) in [6.07, 6.45) is 1.52. The van der Waals surface area contributed by atoms with Crippen LogP contribution in [-0.4, -0.2) is 14.8 Å². The number of aromatic nitrogens is 3. The number of anilines is 1. The molecule has 2 N–H and O–H groups in total. The standard InChI is InChI=1S/C12H14F2N4/c1-7(2)5-18-6-16-17-12(18)8-3-11(15)10(14)4-9(8)13/h3-4,6-7H,5,15H2,1-2H3. The van der Waals surface area contributed by atoms with Gasteiger partial charge in [-0.3, -0.25) is 0 Å². The predicted octanol–water partition coefficient (Wildman–Crippen LogP) is 2.46. The molecule has 0 radical (unpaired) electrons. The quantitative estimate of drug-likeness (QED) is 0.854. The van der Waals surface area contributed by atoms with E-state index in [-0.39, 0.29) is 11.3 Å². The molecule has 1 heterocycles. The summed E-state index contributed by atoms with van der Waals surface area (Å²) in [4.78, 5) is 0. The van der Waals surface area contributed by atoms with E-state index < -0.39 is 11.6 Å². The van der Waals surface area contributed by atoms with Crippen LogP contribution in [0.5, 0.6) is 0 Å². The SMILES string of the molecule is CC(C)Cn1cnnc1-c1cc(N)c(F)cc1F. The Morgan fingerprint density at radius 1 is 1.28 bits per heavy atom. The summed E-state index contributed by atoms with van der Waals surface area (Å²) >= 11 is 0. The van der Waals surface area contributed by atoms with E-state index in [2.05, 4.69) is 10.2 Å². The molecule has 0 atom stereocenters. The number of hydrogen-bond donors (Lipinski definition) is 1. The van der Waals surface area contributed by atoms with Gasteiger partial charge in [-0.2, -0.15) is 0 Å². The van der Waals surface area contributed by atoms with Crippen molar-refractivity contribution in [2.45, 2.75) is 20.4 Å². The summed E-state index contributed by atoms with van der Waals surface area (Å²) in [5.41, 5.74) is 5.50. The van der Waals surface area contributed by atoms with Gasteiger partial charge in [-0.1, -0.05) is 13.8 Å². The van der Waals surface area contributed by atoms with Gasteiger partial charge in [0, 0.05) is 12.6 Å². The highest BCUT2D eigenvalue weighted by Gasteiger charge is 2.15. The second kappa shape index (κ2) is 4.72. The first-order chi connectivity index (χ1) is 8.49. The van der Waals surface area contributed by atoms with Crippen LogP contribution in [0.3, 0.4) is 0 Å². The van der Waals surface area contributed by atoms with Gasteiger partial charge in [-0.05, 0) is 12.0 Å². The van der Waals surface area contributed by atoms with Crippen LogP contribution in [0.1, 0.15) is 13.8 Å². The zero-order valence-corrected chi connectivity index (χ0v) is 10.2. The summed E-state index contributed by atoms with van der Waals surface area (Å²) in [6.45, 7) is 4.71. The van der Waals surface area contributed by atoms with E-state index in [0.717, 1.165) is 6.07 Å². The van der Waals surface area contributed by atoms with Crippen LogP contribution < -0.4 is 5.73 Å². The Morgan fingerprint density at radius 2 is 2.00 bits per heavy atom. The van der Waals surface area contributed by atoms with Gasteiger partial charge in [0.1, 0.15) is 18.0 Å². The van der Waals surface area contributed by atoms with E-state index in [9.17, 15) is 8.78 Å². The van der Waals surface area contributed by atoms with Crippen LogP contribution in [0.4, 0.5) is 14.5 Å². The summed E-state index contributed by atoms with van der Waals surface area (Å²) < 4.78 is 28.6. The fourth-order valence-corrected chi connectivity index (χ4v) is 1.73. The third kappa shape index (κ3) is 2.32. The zero-order valence-electron chi connectivity index (χ0n) is 10.2. The minimum absolute atomic E-state index is 0.106. The maximum Gasteiger partial charge on any atom is 0.166 e. The first kappa shape index (κ1) is 12.5. The van der Waals surface area contributed by atoms with Crippen molar-refractivity contribution in [2.24, 2.45) is 5.92 Å². The molecular weight excluding hydrogens is 238 g/mol. The number of benzene rings is 1. The van der Waals surface area contributed by atoms with Gasteiger partial charge < -0.3 is 10.3 Å². The number of hydrogen-bond acceptors (Lipinski definition) is 3. The Balaban J connectivity index is 2.49. The summed E-state index contributed by atoms with van der Waals surface area (Å²) in [6, 6.07) is 2.00. The van der Waals surface area contributed by atoms with Crippen molar-refractivity contribution in [2.75, 3.05) is 5.73 Å². The predicted molar refractivity (Wildman–Crippen MR) is 64.6 cm³/mol. The molecule has 1 aromatic carbocycles. The second-order valence-corrected chi connectivity index (χ2v) is 4.55. The van der Waals surface area contributed by atoms with Crippen molar-refractivity contribution < 1.29 is 8.78 Å². The molecule has 0 fully saturated rings. The molecule has 0 saturated carbocycles. The van der Waals surface area contributed by atoms with E-state index in [1.807, 2.05) is 13.8 Å². The molecule has 0 unspecified atom stereocenters. The van der Waals surface area contributed by atoms with E-state index in [1.165, 1.54) is 12.4 Å². The lowest BCUT2D eigenvalue weighted by atomic mass is 10.1. The molecule has 18 heavy (non-hydrogen) atoms. The monoisotopic (exact) mass is 252 g/mol. The van der Waals surface area contributed by atoms with Gasteiger partial charge in [-0.25, -0.2) is 8.78 Å². The molecule has 0 aliphatic carbocycles. The number of rotatable bonds is 3. The largest absolute Gasteiger partial charge is 0.396 e. The lowest BCUT2D eigenvalue weighted by Crippen LogP contribution is -2.06. The van der Waals surface area contributed by atoms with Crippen molar-refractivity contribution in [1.82, 2.24) is 14.8 Å². The zero-order chi connectivity index (χ0) is 13.3. The fourth-order valence-electron chi connectivity index (χ4n) is 1.73. The Bertz CT molecular complexity index is 563. The van der Waals surface area contributed by atoms with Crippen LogP contribution in [0, 0.1) is 17.6 Å². The topological polar surface area (TPSA) is 56.7 Å². The normalized spacial score (nSPS) is 11.2. The van der Waals surface area contributed by atoms with Crippen LogP contribution in [0.15, 0.2) is 18.5 Å². The molecule has 4 nitrogen and oxygen atoms in total. The molecule has 0 aliphatic heterocycles. The van der Waals surface area contributed by atoms with Gasteiger partial charge in [0.25, 0.3) is 0 Å². The van der Waals surface area contributed by atoms with Crippen molar-refractivity contribution in [3.63, 3.8) is 0 Å². The van der Waals surface area contributed by atoms with Crippen molar-refractivity contribution >= 4 is 5.69 Å². The average Bonchev–Trinajstić information content (AvgIpc) is 2.70. The average molecular weight is 252 g/mol. The Morgan fingerprint density at radius 3 is 2.67 bits per heavy atom. The highest BCUT2D eigenvalue weighted by atomic mass is 19.1. The lowest BCUT2D eigenvalue weighted by molar-refractivity contribution is 0.523. The second-order valence-electron chi connectivity index (χ2n) is 4.55. The minimum Gasteiger partial charge on any atom is -0.396 e. The molecule has 96 valence electrons. The van der Waals surface area contributed by atoms with Gasteiger partial charge in [0.15, 0.2) is 5.82 Å². The Labute approximate surface area is 103 Å². The molecule has 0 spiro atoms.